The van der Waals surface area contributed by atoms with Crippen molar-refractivity contribution < 1.29 is 14.6 Å². The Kier molecular flexibility index (Phi) is 6.08. The number of aryl methyl sites for hydroxylation is 2. The fourth-order valence-corrected chi connectivity index (χ4v) is 3.52. The highest BCUT2D eigenvalue weighted by Gasteiger charge is 2.20. The van der Waals surface area contributed by atoms with Crippen LogP contribution in [0.3, 0.4) is 0 Å². The fraction of sp³-hybridized carbons (Fsp3) is 0.409. The number of nitrogens with zero attached hydrogens (tertiary/aromatic N) is 5. The van der Waals surface area contributed by atoms with Crippen LogP contribution in [0.1, 0.15) is 23.1 Å². The highest BCUT2D eigenvalue weighted by atomic mass is 16.5. The van der Waals surface area contributed by atoms with E-state index in [1.165, 1.54) is 18.2 Å². The average molecular weight is 409 g/mol. The van der Waals surface area contributed by atoms with Crippen LogP contribution in [0.5, 0.6) is 0 Å². The first-order valence-corrected chi connectivity index (χ1v) is 10.1. The Hall–Kier alpha value is -2.81. The van der Waals surface area contributed by atoms with E-state index in [0.29, 0.717) is 24.9 Å². The first kappa shape index (κ1) is 20.5. The van der Waals surface area contributed by atoms with Gasteiger partial charge >= 0.3 is 0 Å². The molecule has 1 unspecified atom stereocenters. The molecule has 1 aromatic carbocycles. The summed E-state index contributed by atoms with van der Waals surface area (Å²) in [6, 6.07) is 10.2. The van der Waals surface area contributed by atoms with Crippen molar-refractivity contribution in [1.29, 1.82) is 0 Å². The predicted octanol–water partition coefficient (Wildman–Crippen LogP) is 2.46. The maximum atomic E-state index is 9.69. The molecule has 0 aliphatic carbocycles. The number of ether oxygens (including phenoxy) is 2. The largest absolute Gasteiger partial charge is 0.393 e. The summed E-state index contributed by atoms with van der Waals surface area (Å²) in [6.45, 7) is 6.76. The van der Waals surface area contributed by atoms with Crippen LogP contribution < -0.4 is 4.90 Å². The van der Waals surface area contributed by atoms with Crippen molar-refractivity contribution in [2.24, 2.45) is 0 Å². The molecule has 1 aliphatic rings. The lowest BCUT2D eigenvalue weighted by Gasteiger charge is -2.28. The molecule has 3 heterocycles. The maximum Gasteiger partial charge on any atom is 0.164 e. The van der Waals surface area contributed by atoms with Crippen molar-refractivity contribution in [3.63, 3.8) is 0 Å². The van der Waals surface area contributed by atoms with E-state index >= 15 is 0 Å². The van der Waals surface area contributed by atoms with Gasteiger partial charge in [-0.1, -0.05) is 17.7 Å². The Bertz CT molecular complexity index is 1010. The van der Waals surface area contributed by atoms with Crippen molar-refractivity contribution in [2.45, 2.75) is 20.0 Å². The minimum absolute atomic E-state index is 0.199. The van der Waals surface area contributed by atoms with E-state index in [0.717, 1.165) is 30.2 Å². The SMILES string of the molecule is COC(CO)c1nc(N2CCOCC2)cc(-n2ccc(-c3cc(C)ccc3C)n2)n1. The Morgan fingerprint density at radius 1 is 1.10 bits per heavy atom. The number of morpholine rings is 1. The molecule has 0 radical (unpaired) electrons. The number of rotatable bonds is 6. The molecule has 1 fully saturated rings. The zero-order chi connectivity index (χ0) is 21.1. The number of hydrogen-bond acceptors (Lipinski definition) is 7. The number of aliphatic hydroxyl groups is 1. The van der Waals surface area contributed by atoms with Crippen LogP contribution in [0.4, 0.5) is 5.82 Å². The van der Waals surface area contributed by atoms with Crippen LogP contribution in [0.2, 0.25) is 0 Å². The Morgan fingerprint density at radius 2 is 1.87 bits per heavy atom. The van der Waals surface area contributed by atoms with E-state index in [-0.39, 0.29) is 6.61 Å². The molecule has 1 N–H and O–H groups in total. The number of hydrogen-bond donors (Lipinski definition) is 1. The van der Waals surface area contributed by atoms with E-state index in [1.807, 2.05) is 18.3 Å². The standard InChI is InChI=1S/C22H27N5O3/c1-15-4-5-16(2)17(12-15)18-6-7-27(25-18)21-13-20(26-8-10-30-11-9-26)23-22(24-21)19(14-28)29-3/h4-7,12-13,19,28H,8-11,14H2,1-3H3. The number of anilines is 1. The van der Waals surface area contributed by atoms with Gasteiger partial charge in [-0.05, 0) is 31.5 Å². The summed E-state index contributed by atoms with van der Waals surface area (Å²) in [5.41, 5.74) is 4.34. The number of aromatic nitrogens is 4. The van der Waals surface area contributed by atoms with Gasteiger partial charge in [-0.15, -0.1) is 0 Å². The van der Waals surface area contributed by atoms with Gasteiger partial charge < -0.3 is 19.5 Å². The fourth-order valence-electron chi connectivity index (χ4n) is 3.52. The van der Waals surface area contributed by atoms with E-state index in [1.54, 1.807) is 4.68 Å². The molecule has 0 amide bonds. The molecule has 2 aromatic heterocycles. The maximum absolute atomic E-state index is 9.69. The van der Waals surface area contributed by atoms with Gasteiger partial charge in [0.1, 0.15) is 11.9 Å². The molecule has 1 atom stereocenters. The van der Waals surface area contributed by atoms with Crippen LogP contribution in [0, 0.1) is 13.8 Å². The Labute approximate surface area is 176 Å². The summed E-state index contributed by atoms with van der Waals surface area (Å²) < 4.78 is 12.6. The Morgan fingerprint density at radius 3 is 2.60 bits per heavy atom. The van der Waals surface area contributed by atoms with Gasteiger partial charge in [0.25, 0.3) is 0 Å². The van der Waals surface area contributed by atoms with Crippen LogP contribution in [0.25, 0.3) is 17.1 Å². The summed E-state index contributed by atoms with van der Waals surface area (Å²) in [6.07, 6.45) is 1.30. The van der Waals surface area contributed by atoms with E-state index in [4.69, 9.17) is 14.6 Å². The summed E-state index contributed by atoms with van der Waals surface area (Å²) in [5.74, 6) is 1.84. The smallest absolute Gasteiger partial charge is 0.164 e. The number of benzene rings is 1. The van der Waals surface area contributed by atoms with Crippen molar-refractivity contribution in [3.8, 4) is 17.1 Å². The average Bonchev–Trinajstić information content (AvgIpc) is 3.27. The molecular weight excluding hydrogens is 382 g/mol. The number of methoxy groups -OCH3 is 1. The molecule has 1 saturated heterocycles. The lowest BCUT2D eigenvalue weighted by Crippen LogP contribution is -2.37. The second-order valence-electron chi connectivity index (χ2n) is 7.41. The summed E-state index contributed by atoms with van der Waals surface area (Å²) in [4.78, 5) is 11.4. The molecule has 8 heteroatoms. The Balaban J connectivity index is 1.75. The first-order valence-electron chi connectivity index (χ1n) is 10.1. The van der Waals surface area contributed by atoms with Crippen LogP contribution in [0.15, 0.2) is 36.5 Å². The van der Waals surface area contributed by atoms with Gasteiger partial charge in [-0.3, -0.25) is 0 Å². The molecule has 1 aliphatic heterocycles. The number of aliphatic hydroxyl groups excluding tert-OH is 1. The van der Waals surface area contributed by atoms with Crippen LogP contribution >= 0.6 is 0 Å². The first-order chi connectivity index (χ1) is 14.6. The second-order valence-corrected chi connectivity index (χ2v) is 7.41. The minimum Gasteiger partial charge on any atom is -0.393 e. The van der Waals surface area contributed by atoms with Gasteiger partial charge in [-0.2, -0.15) is 5.10 Å². The molecule has 30 heavy (non-hydrogen) atoms. The molecule has 0 bridgehead atoms. The van der Waals surface area contributed by atoms with Gasteiger partial charge in [0.05, 0.1) is 25.5 Å². The van der Waals surface area contributed by atoms with Gasteiger partial charge in [-0.25, -0.2) is 14.6 Å². The highest BCUT2D eigenvalue weighted by Crippen LogP contribution is 2.25. The van der Waals surface area contributed by atoms with E-state index in [9.17, 15) is 5.11 Å². The van der Waals surface area contributed by atoms with E-state index in [2.05, 4.69) is 46.9 Å². The van der Waals surface area contributed by atoms with Crippen molar-refractivity contribution >= 4 is 5.82 Å². The molecule has 158 valence electrons. The lowest BCUT2D eigenvalue weighted by atomic mass is 10.0. The molecule has 0 spiro atoms. The molecule has 8 nitrogen and oxygen atoms in total. The summed E-state index contributed by atoms with van der Waals surface area (Å²) >= 11 is 0. The monoisotopic (exact) mass is 409 g/mol. The third-order valence-corrected chi connectivity index (χ3v) is 5.28. The summed E-state index contributed by atoms with van der Waals surface area (Å²) in [7, 11) is 1.54. The van der Waals surface area contributed by atoms with Gasteiger partial charge in [0, 0.05) is 38.0 Å². The summed E-state index contributed by atoms with van der Waals surface area (Å²) in [5, 5.41) is 14.5. The quantitative estimate of drug-likeness (QED) is 0.669. The van der Waals surface area contributed by atoms with Crippen molar-refractivity contribution in [2.75, 3.05) is 44.9 Å². The molecule has 3 aromatic rings. The zero-order valence-corrected chi connectivity index (χ0v) is 17.6. The molecule has 0 saturated carbocycles. The van der Waals surface area contributed by atoms with Crippen molar-refractivity contribution in [1.82, 2.24) is 19.7 Å². The molecular formula is C22H27N5O3. The minimum atomic E-state index is -0.598. The second kappa shape index (κ2) is 8.91. The van der Waals surface area contributed by atoms with Crippen molar-refractivity contribution in [3.05, 3.63) is 53.5 Å². The highest BCUT2D eigenvalue weighted by molar-refractivity contribution is 5.64. The van der Waals surface area contributed by atoms with Crippen LogP contribution in [-0.2, 0) is 9.47 Å². The third-order valence-electron chi connectivity index (χ3n) is 5.28. The predicted molar refractivity (Wildman–Crippen MR) is 114 cm³/mol. The molecule has 4 rings (SSSR count). The van der Waals surface area contributed by atoms with E-state index < -0.39 is 6.10 Å². The normalized spacial score (nSPS) is 15.4. The lowest BCUT2D eigenvalue weighted by molar-refractivity contribution is 0.0422. The van der Waals surface area contributed by atoms with Gasteiger partial charge in [0.15, 0.2) is 11.6 Å². The topological polar surface area (TPSA) is 85.5 Å². The van der Waals surface area contributed by atoms with Gasteiger partial charge in [0.2, 0.25) is 0 Å². The van der Waals surface area contributed by atoms with Crippen LogP contribution in [-0.4, -0.2) is 64.9 Å². The third kappa shape index (κ3) is 4.21. The zero-order valence-electron chi connectivity index (χ0n) is 17.6.